The Balaban J connectivity index is 2.97. The lowest BCUT2D eigenvalue weighted by molar-refractivity contribution is -0.384. The topological polar surface area (TPSA) is 64.4 Å². The first-order chi connectivity index (χ1) is 7.56. The van der Waals surface area contributed by atoms with Crippen molar-refractivity contribution >= 4 is 23.0 Å². The molecule has 0 aliphatic heterocycles. The van der Waals surface area contributed by atoms with Crippen LogP contribution in [0.1, 0.15) is 6.92 Å². The Morgan fingerprint density at radius 2 is 2.31 bits per heavy atom. The molecule has 0 aliphatic rings. The fourth-order valence-electron chi connectivity index (χ4n) is 1.35. The summed E-state index contributed by atoms with van der Waals surface area (Å²) in [7, 11) is 1.57. The first-order valence-corrected chi connectivity index (χ1v) is 5.12. The molecule has 0 saturated heterocycles. The van der Waals surface area contributed by atoms with Gasteiger partial charge in [-0.25, -0.2) is 0 Å². The lowest BCUT2D eigenvalue weighted by Gasteiger charge is -2.15. The quantitative estimate of drug-likeness (QED) is 0.639. The Labute approximate surface area is 98.5 Å². The smallest absolute Gasteiger partial charge is 0.293 e. The maximum absolute atomic E-state index is 10.8. The van der Waals surface area contributed by atoms with Gasteiger partial charge in [0.15, 0.2) is 0 Å². The van der Waals surface area contributed by atoms with Crippen LogP contribution in [0.25, 0.3) is 0 Å². The number of anilines is 1. The van der Waals surface area contributed by atoms with Crippen LogP contribution in [0, 0.1) is 10.1 Å². The largest absolute Gasteiger partial charge is 0.383 e. The summed E-state index contributed by atoms with van der Waals surface area (Å²) in [4.78, 5) is 10.3. The predicted octanol–water partition coefficient (Wildman–Crippen LogP) is 2.70. The number of para-hydroxylation sites is 1. The van der Waals surface area contributed by atoms with E-state index in [0.717, 1.165) is 0 Å². The van der Waals surface area contributed by atoms with Crippen molar-refractivity contribution in [2.75, 3.05) is 19.0 Å². The zero-order valence-corrected chi connectivity index (χ0v) is 9.82. The third-order valence-electron chi connectivity index (χ3n) is 2.00. The van der Waals surface area contributed by atoms with Gasteiger partial charge >= 0.3 is 0 Å². The van der Waals surface area contributed by atoms with Crippen LogP contribution in [0.15, 0.2) is 18.2 Å². The maximum Gasteiger partial charge on any atom is 0.293 e. The number of benzene rings is 1. The predicted molar refractivity (Wildman–Crippen MR) is 63.1 cm³/mol. The van der Waals surface area contributed by atoms with E-state index in [1.165, 1.54) is 6.07 Å². The van der Waals surface area contributed by atoms with Crippen LogP contribution in [-0.2, 0) is 4.74 Å². The lowest BCUT2D eigenvalue weighted by Crippen LogP contribution is -2.21. The monoisotopic (exact) mass is 244 g/mol. The minimum Gasteiger partial charge on any atom is -0.383 e. The molecule has 0 fully saturated rings. The van der Waals surface area contributed by atoms with Crippen molar-refractivity contribution in [3.8, 4) is 0 Å². The average molecular weight is 245 g/mol. The minimum absolute atomic E-state index is 0.0320. The fourth-order valence-corrected chi connectivity index (χ4v) is 1.57. The molecule has 0 saturated carbocycles. The summed E-state index contributed by atoms with van der Waals surface area (Å²) >= 11 is 5.91. The highest BCUT2D eigenvalue weighted by Crippen LogP contribution is 2.32. The summed E-state index contributed by atoms with van der Waals surface area (Å²) in [5, 5.41) is 14.1. The van der Waals surface area contributed by atoms with E-state index in [4.69, 9.17) is 16.3 Å². The summed E-state index contributed by atoms with van der Waals surface area (Å²) in [6.45, 7) is 2.30. The Morgan fingerprint density at radius 3 is 2.88 bits per heavy atom. The molecule has 1 aromatic rings. The van der Waals surface area contributed by atoms with Crippen molar-refractivity contribution in [3.63, 3.8) is 0 Å². The molecule has 1 rings (SSSR count). The van der Waals surface area contributed by atoms with Gasteiger partial charge in [-0.3, -0.25) is 10.1 Å². The molecule has 0 radical (unpaired) electrons. The molecule has 1 unspecified atom stereocenters. The van der Waals surface area contributed by atoms with Gasteiger partial charge in [0.25, 0.3) is 5.69 Å². The third-order valence-corrected chi connectivity index (χ3v) is 2.31. The average Bonchev–Trinajstić information content (AvgIpc) is 2.21. The Hall–Kier alpha value is -1.33. The molecule has 6 heteroatoms. The molecule has 5 nitrogen and oxygen atoms in total. The van der Waals surface area contributed by atoms with Gasteiger partial charge in [0.2, 0.25) is 0 Å². The number of nitro benzene ring substituents is 1. The van der Waals surface area contributed by atoms with Gasteiger partial charge in [-0.15, -0.1) is 0 Å². The first kappa shape index (κ1) is 12.7. The van der Waals surface area contributed by atoms with Gasteiger partial charge in [0.1, 0.15) is 5.69 Å². The molecule has 0 aliphatic carbocycles. The number of methoxy groups -OCH3 is 1. The maximum atomic E-state index is 10.8. The molecular formula is C10H13ClN2O3. The number of hydrogen-bond donors (Lipinski definition) is 1. The molecule has 0 amide bonds. The molecule has 0 spiro atoms. The fraction of sp³-hybridized carbons (Fsp3) is 0.400. The van der Waals surface area contributed by atoms with Gasteiger partial charge in [0, 0.05) is 19.2 Å². The van der Waals surface area contributed by atoms with E-state index >= 15 is 0 Å². The van der Waals surface area contributed by atoms with Gasteiger partial charge in [0.05, 0.1) is 16.6 Å². The number of nitro groups is 1. The second-order valence-electron chi connectivity index (χ2n) is 3.39. The van der Waals surface area contributed by atoms with Crippen molar-refractivity contribution < 1.29 is 9.66 Å². The van der Waals surface area contributed by atoms with Gasteiger partial charge in [-0.1, -0.05) is 17.7 Å². The van der Waals surface area contributed by atoms with Crippen LogP contribution in [0.3, 0.4) is 0 Å². The van der Waals surface area contributed by atoms with Crippen LogP contribution in [0.5, 0.6) is 0 Å². The normalized spacial score (nSPS) is 12.2. The number of nitrogens with one attached hydrogen (secondary N) is 1. The zero-order valence-electron chi connectivity index (χ0n) is 9.07. The van der Waals surface area contributed by atoms with Crippen LogP contribution in [0.2, 0.25) is 5.02 Å². The molecule has 1 N–H and O–H groups in total. The second kappa shape index (κ2) is 5.67. The van der Waals surface area contributed by atoms with E-state index in [1.54, 1.807) is 19.2 Å². The van der Waals surface area contributed by atoms with Crippen molar-refractivity contribution in [1.29, 1.82) is 0 Å². The number of rotatable bonds is 5. The number of nitrogens with zero attached hydrogens (tertiary/aromatic N) is 1. The van der Waals surface area contributed by atoms with E-state index in [9.17, 15) is 10.1 Å². The van der Waals surface area contributed by atoms with Gasteiger partial charge in [-0.2, -0.15) is 0 Å². The Bertz CT molecular complexity index is 384. The summed E-state index contributed by atoms with van der Waals surface area (Å²) in [6.07, 6.45) is 0. The summed E-state index contributed by atoms with van der Waals surface area (Å²) in [5.74, 6) is 0. The molecule has 0 aromatic heterocycles. The molecule has 0 bridgehead atoms. The zero-order chi connectivity index (χ0) is 12.1. The summed E-state index contributed by atoms with van der Waals surface area (Å²) in [6, 6.07) is 4.51. The third kappa shape index (κ3) is 3.08. The van der Waals surface area contributed by atoms with Crippen LogP contribution in [0.4, 0.5) is 11.4 Å². The molecule has 1 atom stereocenters. The van der Waals surface area contributed by atoms with Gasteiger partial charge in [-0.05, 0) is 13.0 Å². The second-order valence-corrected chi connectivity index (χ2v) is 3.80. The molecule has 0 heterocycles. The van der Waals surface area contributed by atoms with E-state index in [2.05, 4.69) is 5.32 Å². The number of ether oxygens (including phenoxy) is 1. The number of halogens is 1. The Morgan fingerprint density at radius 1 is 1.62 bits per heavy atom. The molecular weight excluding hydrogens is 232 g/mol. The van der Waals surface area contributed by atoms with Crippen molar-refractivity contribution in [2.24, 2.45) is 0 Å². The molecule has 16 heavy (non-hydrogen) atoms. The lowest BCUT2D eigenvalue weighted by atomic mass is 10.2. The van der Waals surface area contributed by atoms with Crippen LogP contribution < -0.4 is 5.32 Å². The highest BCUT2D eigenvalue weighted by molar-refractivity contribution is 6.33. The Kier molecular flexibility index (Phi) is 4.52. The summed E-state index contributed by atoms with van der Waals surface area (Å²) in [5.41, 5.74) is 0.300. The van der Waals surface area contributed by atoms with Crippen molar-refractivity contribution in [2.45, 2.75) is 13.0 Å². The standard InChI is InChI=1S/C10H13ClN2O3/c1-7(6-16-2)12-10-8(11)4-3-5-9(10)13(14)15/h3-5,7,12H,6H2,1-2H3. The van der Waals surface area contributed by atoms with E-state index < -0.39 is 4.92 Å². The highest BCUT2D eigenvalue weighted by atomic mass is 35.5. The SMILES string of the molecule is COCC(C)Nc1c(Cl)cccc1[N+](=O)[O-]. The highest BCUT2D eigenvalue weighted by Gasteiger charge is 2.17. The van der Waals surface area contributed by atoms with Crippen LogP contribution in [-0.4, -0.2) is 24.7 Å². The van der Waals surface area contributed by atoms with E-state index in [0.29, 0.717) is 17.3 Å². The van der Waals surface area contributed by atoms with E-state index in [1.807, 2.05) is 6.92 Å². The summed E-state index contributed by atoms with van der Waals surface area (Å²) < 4.78 is 4.94. The number of hydrogen-bond acceptors (Lipinski definition) is 4. The van der Waals surface area contributed by atoms with Gasteiger partial charge < -0.3 is 10.1 Å². The minimum atomic E-state index is -0.465. The van der Waals surface area contributed by atoms with Crippen molar-refractivity contribution in [3.05, 3.63) is 33.3 Å². The van der Waals surface area contributed by atoms with Crippen molar-refractivity contribution in [1.82, 2.24) is 0 Å². The molecule has 1 aromatic carbocycles. The first-order valence-electron chi connectivity index (χ1n) is 4.74. The molecule has 88 valence electrons. The van der Waals surface area contributed by atoms with Crippen LogP contribution >= 0.6 is 11.6 Å². The van der Waals surface area contributed by atoms with E-state index in [-0.39, 0.29) is 11.7 Å².